The van der Waals surface area contributed by atoms with Crippen LogP contribution in [0.5, 0.6) is 11.5 Å². The summed E-state index contributed by atoms with van der Waals surface area (Å²) < 4.78 is 27.6. The number of hydrogen-bond donors (Lipinski definition) is 2. The predicted molar refractivity (Wildman–Crippen MR) is 82.2 cm³/mol. The van der Waals surface area contributed by atoms with Crippen molar-refractivity contribution in [1.82, 2.24) is 5.43 Å². The first-order valence-electron chi connectivity index (χ1n) is 6.42. The highest BCUT2D eigenvalue weighted by molar-refractivity contribution is 7.91. The number of methoxy groups -OCH3 is 1. The van der Waals surface area contributed by atoms with Crippen molar-refractivity contribution in [3.05, 3.63) is 22.7 Å². The van der Waals surface area contributed by atoms with Crippen molar-refractivity contribution in [1.29, 1.82) is 0 Å². The number of amides is 1. The molecule has 9 heteroatoms. The lowest BCUT2D eigenvalue weighted by atomic mass is 10.1. The second-order valence-corrected chi connectivity index (χ2v) is 7.52. The molecule has 1 aromatic rings. The molecule has 1 amide bonds. The number of carbonyl (C=O) groups is 1. The largest absolute Gasteiger partial charge is 0.503 e. The Morgan fingerprint density at radius 1 is 1.55 bits per heavy atom. The topological polar surface area (TPSA) is 105 Å². The van der Waals surface area contributed by atoms with Gasteiger partial charge in [-0.15, -0.1) is 0 Å². The first kappa shape index (κ1) is 16.6. The molecule has 1 aliphatic heterocycles. The molecule has 0 bridgehead atoms. The smallest absolute Gasteiger partial charge is 0.244 e. The van der Waals surface area contributed by atoms with E-state index in [2.05, 4.69) is 10.5 Å². The fourth-order valence-electron chi connectivity index (χ4n) is 2.09. The summed E-state index contributed by atoms with van der Waals surface area (Å²) in [5.41, 5.74) is 2.82. The van der Waals surface area contributed by atoms with E-state index in [4.69, 9.17) is 16.3 Å². The first-order chi connectivity index (χ1) is 10.3. The molecule has 120 valence electrons. The lowest BCUT2D eigenvalue weighted by Crippen LogP contribution is -2.27. The molecule has 0 aromatic heterocycles. The minimum Gasteiger partial charge on any atom is -0.503 e. The Balaban J connectivity index is 2.01. The summed E-state index contributed by atoms with van der Waals surface area (Å²) in [5.74, 6) is -1.12. The van der Waals surface area contributed by atoms with Gasteiger partial charge in [-0.25, -0.2) is 13.8 Å². The minimum absolute atomic E-state index is 0.0274. The summed E-state index contributed by atoms with van der Waals surface area (Å²) in [6.07, 6.45) is 1.64. The fraction of sp³-hybridized carbons (Fsp3) is 0.385. The van der Waals surface area contributed by atoms with E-state index in [0.29, 0.717) is 12.0 Å². The van der Waals surface area contributed by atoms with E-state index in [-0.39, 0.29) is 28.0 Å². The number of phenols is 1. The average Bonchev–Trinajstić information content (AvgIpc) is 2.82. The molecular formula is C13H15ClN2O5S. The highest BCUT2D eigenvalue weighted by atomic mass is 35.5. The second kappa shape index (κ2) is 6.53. The van der Waals surface area contributed by atoms with Gasteiger partial charge in [-0.2, -0.15) is 5.10 Å². The van der Waals surface area contributed by atoms with Crippen molar-refractivity contribution < 1.29 is 23.1 Å². The average molecular weight is 347 g/mol. The van der Waals surface area contributed by atoms with Crippen LogP contribution in [0.25, 0.3) is 0 Å². The number of rotatable bonds is 4. The van der Waals surface area contributed by atoms with Gasteiger partial charge in [0.05, 0.1) is 35.8 Å². The normalized spacial score (nSPS) is 20.2. The van der Waals surface area contributed by atoms with E-state index in [9.17, 15) is 18.3 Å². The van der Waals surface area contributed by atoms with Gasteiger partial charge in [0.2, 0.25) is 5.91 Å². The standard InChI is InChI=1S/C13H15ClN2O5S/c1-21-11-5-8(4-10(14)12(11)17)6-15-16-13(18)9-2-3-22(19,20)7-9/h4-6,9,17H,2-3,7H2,1H3,(H,16,18)/b15-6+/t9-/m1/s1. The summed E-state index contributed by atoms with van der Waals surface area (Å²) in [6.45, 7) is 0. The molecule has 1 atom stereocenters. The zero-order valence-corrected chi connectivity index (χ0v) is 13.3. The molecule has 0 radical (unpaired) electrons. The third-order valence-corrected chi connectivity index (χ3v) is 5.32. The third kappa shape index (κ3) is 3.89. The Kier molecular flexibility index (Phi) is 4.92. The van der Waals surface area contributed by atoms with Crippen molar-refractivity contribution in [2.75, 3.05) is 18.6 Å². The maximum absolute atomic E-state index is 11.8. The van der Waals surface area contributed by atoms with Crippen LogP contribution in [0.2, 0.25) is 5.02 Å². The van der Waals surface area contributed by atoms with Gasteiger partial charge < -0.3 is 9.84 Å². The summed E-state index contributed by atoms with van der Waals surface area (Å²) in [6, 6.07) is 2.95. The Hall–Kier alpha value is -1.80. The summed E-state index contributed by atoms with van der Waals surface area (Å²) in [7, 11) is -1.73. The van der Waals surface area contributed by atoms with Crippen LogP contribution in [0.3, 0.4) is 0 Å². The Morgan fingerprint density at radius 2 is 2.27 bits per heavy atom. The van der Waals surface area contributed by atoms with Crippen LogP contribution in [0, 0.1) is 5.92 Å². The van der Waals surface area contributed by atoms with Crippen molar-refractivity contribution in [3.8, 4) is 11.5 Å². The molecule has 1 aromatic carbocycles. The zero-order valence-electron chi connectivity index (χ0n) is 11.7. The fourth-order valence-corrected chi connectivity index (χ4v) is 4.05. The monoisotopic (exact) mass is 346 g/mol. The molecule has 0 unspecified atom stereocenters. The first-order valence-corrected chi connectivity index (χ1v) is 8.62. The van der Waals surface area contributed by atoms with Crippen LogP contribution in [0.15, 0.2) is 17.2 Å². The summed E-state index contributed by atoms with van der Waals surface area (Å²) in [4.78, 5) is 11.8. The summed E-state index contributed by atoms with van der Waals surface area (Å²) >= 11 is 5.83. The van der Waals surface area contributed by atoms with Gasteiger partial charge in [0.1, 0.15) is 0 Å². The second-order valence-electron chi connectivity index (χ2n) is 4.89. The molecule has 1 saturated heterocycles. The minimum atomic E-state index is -3.11. The van der Waals surface area contributed by atoms with Crippen molar-refractivity contribution in [3.63, 3.8) is 0 Å². The molecule has 1 heterocycles. The molecule has 22 heavy (non-hydrogen) atoms. The number of halogens is 1. The van der Waals surface area contributed by atoms with Crippen molar-refractivity contribution in [2.45, 2.75) is 6.42 Å². The molecular weight excluding hydrogens is 332 g/mol. The van der Waals surface area contributed by atoms with Gasteiger partial charge in [0.15, 0.2) is 21.3 Å². The highest BCUT2D eigenvalue weighted by Gasteiger charge is 2.32. The van der Waals surface area contributed by atoms with E-state index < -0.39 is 21.7 Å². The maximum Gasteiger partial charge on any atom is 0.244 e. The van der Waals surface area contributed by atoms with E-state index in [1.54, 1.807) is 0 Å². The number of nitrogens with one attached hydrogen (secondary N) is 1. The highest BCUT2D eigenvalue weighted by Crippen LogP contribution is 2.34. The van der Waals surface area contributed by atoms with Gasteiger partial charge in [0.25, 0.3) is 0 Å². The quantitative estimate of drug-likeness (QED) is 0.623. The summed E-state index contributed by atoms with van der Waals surface area (Å²) in [5, 5.41) is 13.5. The Labute approximate surface area is 132 Å². The SMILES string of the molecule is COc1cc(/C=N/NC(=O)[C@@H]2CCS(=O)(=O)C2)cc(Cl)c1O. The molecule has 7 nitrogen and oxygen atoms in total. The van der Waals surface area contributed by atoms with Crippen molar-refractivity contribution >= 4 is 33.6 Å². The number of aromatic hydroxyl groups is 1. The van der Waals surface area contributed by atoms with E-state index >= 15 is 0 Å². The maximum atomic E-state index is 11.8. The lowest BCUT2D eigenvalue weighted by Gasteiger charge is -2.07. The number of hydrogen-bond acceptors (Lipinski definition) is 6. The number of sulfone groups is 1. The molecule has 0 saturated carbocycles. The number of phenolic OH excluding ortho intramolecular Hbond substituents is 1. The number of ether oxygens (including phenoxy) is 1. The molecule has 2 rings (SSSR count). The third-order valence-electron chi connectivity index (χ3n) is 3.26. The Bertz CT molecular complexity index is 717. The van der Waals surface area contributed by atoms with Crippen LogP contribution < -0.4 is 10.2 Å². The molecule has 1 fully saturated rings. The Morgan fingerprint density at radius 3 is 2.86 bits per heavy atom. The number of benzene rings is 1. The van der Waals surface area contributed by atoms with Crippen LogP contribution in [-0.2, 0) is 14.6 Å². The molecule has 2 N–H and O–H groups in total. The zero-order chi connectivity index (χ0) is 16.3. The molecule has 0 spiro atoms. The predicted octanol–water partition coefficient (Wildman–Crippen LogP) is 0.939. The van der Waals surface area contributed by atoms with E-state index in [0.717, 1.165) is 0 Å². The van der Waals surface area contributed by atoms with Crippen LogP contribution >= 0.6 is 11.6 Å². The number of hydrazone groups is 1. The van der Waals surface area contributed by atoms with Gasteiger partial charge in [0, 0.05) is 0 Å². The van der Waals surface area contributed by atoms with E-state index in [1.807, 2.05) is 0 Å². The van der Waals surface area contributed by atoms with Crippen molar-refractivity contribution in [2.24, 2.45) is 11.0 Å². The van der Waals surface area contributed by atoms with Crippen LogP contribution in [0.1, 0.15) is 12.0 Å². The van der Waals surface area contributed by atoms with Crippen LogP contribution in [0.4, 0.5) is 0 Å². The number of nitrogens with zero attached hydrogens (tertiary/aromatic N) is 1. The molecule has 0 aliphatic carbocycles. The number of carbonyl (C=O) groups excluding carboxylic acids is 1. The lowest BCUT2D eigenvalue weighted by molar-refractivity contribution is -0.124. The molecule has 1 aliphatic rings. The van der Waals surface area contributed by atoms with Gasteiger partial charge in [-0.05, 0) is 24.1 Å². The van der Waals surface area contributed by atoms with Crippen LogP contribution in [-0.4, -0.2) is 44.3 Å². The van der Waals surface area contributed by atoms with E-state index in [1.165, 1.54) is 25.5 Å². The van der Waals surface area contributed by atoms with Gasteiger partial charge in [-0.1, -0.05) is 11.6 Å². The van der Waals surface area contributed by atoms with Gasteiger partial charge >= 0.3 is 0 Å². The van der Waals surface area contributed by atoms with Gasteiger partial charge in [-0.3, -0.25) is 4.79 Å².